The topological polar surface area (TPSA) is 77.7 Å². The fourth-order valence-corrected chi connectivity index (χ4v) is 3.93. The Labute approximate surface area is 199 Å². The predicted molar refractivity (Wildman–Crippen MR) is 133 cm³/mol. The van der Waals surface area contributed by atoms with E-state index in [1.54, 1.807) is 25.6 Å². The zero-order chi connectivity index (χ0) is 23.9. The third kappa shape index (κ3) is 5.43. The van der Waals surface area contributed by atoms with Crippen molar-refractivity contribution in [3.8, 4) is 11.5 Å². The van der Waals surface area contributed by atoms with E-state index in [9.17, 15) is 4.79 Å². The molecule has 7 nitrogen and oxygen atoms in total. The number of benzene rings is 2. The number of nitrogens with zero attached hydrogens (tertiary/aromatic N) is 3. The highest BCUT2D eigenvalue weighted by molar-refractivity contribution is 5.87. The molecule has 0 aliphatic rings. The molecule has 0 bridgehead atoms. The van der Waals surface area contributed by atoms with Gasteiger partial charge >= 0.3 is 0 Å². The van der Waals surface area contributed by atoms with E-state index >= 15 is 0 Å². The lowest BCUT2D eigenvalue weighted by Gasteiger charge is -2.11. The third-order valence-electron chi connectivity index (χ3n) is 5.58. The number of amides is 1. The van der Waals surface area contributed by atoms with Gasteiger partial charge in [-0.2, -0.15) is 5.10 Å². The largest absolute Gasteiger partial charge is 0.493 e. The van der Waals surface area contributed by atoms with Crippen LogP contribution in [0.25, 0.3) is 10.9 Å². The number of hydrogen-bond donors (Lipinski definition) is 1. The maximum atomic E-state index is 12.3. The van der Waals surface area contributed by atoms with Crippen LogP contribution in [0, 0.1) is 13.8 Å². The van der Waals surface area contributed by atoms with Crippen LogP contribution in [0.4, 0.5) is 0 Å². The number of methoxy groups -OCH3 is 1. The smallest absolute Gasteiger partial charge is 0.241 e. The second-order valence-corrected chi connectivity index (χ2v) is 8.04. The van der Waals surface area contributed by atoms with Gasteiger partial charge in [-0.05, 0) is 66.9 Å². The quantitative estimate of drug-likeness (QED) is 0.290. The van der Waals surface area contributed by atoms with Crippen molar-refractivity contribution in [2.24, 2.45) is 5.10 Å². The van der Waals surface area contributed by atoms with Crippen LogP contribution >= 0.6 is 0 Å². The van der Waals surface area contributed by atoms with E-state index in [2.05, 4.69) is 52.3 Å². The SMILES string of the molecule is COc1cc(/C=N/NC(=O)CCn2cc(C)c3c(C)cccc32)ccc1OCc1ccccn1. The van der Waals surface area contributed by atoms with Crippen molar-refractivity contribution in [1.29, 1.82) is 0 Å². The summed E-state index contributed by atoms with van der Waals surface area (Å²) in [5, 5.41) is 5.35. The molecule has 0 spiro atoms. The third-order valence-corrected chi connectivity index (χ3v) is 5.58. The van der Waals surface area contributed by atoms with Crippen LogP contribution in [0.15, 0.2) is 72.1 Å². The van der Waals surface area contributed by atoms with Gasteiger partial charge in [0.1, 0.15) is 6.61 Å². The van der Waals surface area contributed by atoms with E-state index in [0.29, 0.717) is 31.1 Å². The molecule has 0 atom stereocenters. The van der Waals surface area contributed by atoms with Crippen LogP contribution < -0.4 is 14.9 Å². The van der Waals surface area contributed by atoms with Crippen LogP contribution in [0.1, 0.15) is 28.8 Å². The molecule has 2 aromatic carbocycles. The van der Waals surface area contributed by atoms with Gasteiger partial charge in [0.2, 0.25) is 5.91 Å². The van der Waals surface area contributed by atoms with Crippen LogP contribution in [-0.2, 0) is 17.9 Å². The number of fused-ring (bicyclic) bond motifs is 1. The lowest BCUT2D eigenvalue weighted by Crippen LogP contribution is -2.19. The lowest BCUT2D eigenvalue weighted by molar-refractivity contribution is -0.121. The Kier molecular flexibility index (Phi) is 7.22. The minimum absolute atomic E-state index is 0.148. The number of aryl methyl sites for hydroxylation is 3. The van der Waals surface area contributed by atoms with Crippen molar-refractivity contribution in [3.05, 3.63) is 89.4 Å². The molecule has 0 aliphatic heterocycles. The number of aromatic nitrogens is 2. The average molecular weight is 457 g/mol. The van der Waals surface area contributed by atoms with Gasteiger partial charge in [0, 0.05) is 36.3 Å². The van der Waals surface area contributed by atoms with Crippen LogP contribution in [-0.4, -0.2) is 28.8 Å². The molecule has 7 heteroatoms. The number of carbonyl (C=O) groups is 1. The number of hydrazone groups is 1. The molecule has 0 saturated carbocycles. The Hall–Kier alpha value is -4.13. The molecule has 0 fully saturated rings. The first kappa shape index (κ1) is 23.0. The molecule has 4 aromatic rings. The standard InChI is InChI=1S/C27H28N4O3/c1-19-7-6-9-23-27(19)20(2)17-31(23)14-12-26(32)30-29-16-21-10-11-24(25(15-21)33-3)34-18-22-8-4-5-13-28-22/h4-11,13,15-17H,12,14,18H2,1-3H3,(H,30,32)/b29-16+. The first-order valence-electron chi connectivity index (χ1n) is 11.1. The summed E-state index contributed by atoms with van der Waals surface area (Å²) in [6, 6.07) is 17.4. The molecule has 0 radical (unpaired) electrons. The van der Waals surface area contributed by atoms with Crippen molar-refractivity contribution in [2.75, 3.05) is 7.11 Å². The molecule has 34 heavy (non-hydrogen) atoms. The molecule has 0 unspecified atom stereocenters. The number of nitrogens with one attached hydrogen (secondary N) is 1. The van der Waals surface area contributed by atoms with E-state index in [4.69, 9.17) is 9.47 Å². The molecule has 0 aliphatic carbocycles. The fraction of sp³-hybridized carbons (Fsp3) is 0.222. The van der Waals surface area contributed by atoms with Crippen LogP contribution in [0.2, 0.25) is 0 Å². The zero-order valence-electron chi connectivity index (χ0n) is 19.6. The van der Waals surface area contributed by atoms with Crippen LogP contribution in [0.5, 0.6) is 11.5 Å². The molecular weight excluding hydrogens is 428 g/mol. The van der Waals surface area contributed by atoms with E-state index in [0.717, 1.165) is 16.8 Å². The Morgan fingerprint density at radius 2 is 1.97 bits per heavy atom. The predicted octanol–water partition coefficient (Wildman–Crippen LogP) is 4.78. The van der Waals surface area contributed by atoms with Gasteiger partial charge in [0.15, 0.2) is 11.5 Å². The first-order valence-corrected chi connectivity index (χ1v) is 11.1. The molecule has 0 saturated heterocycles. The maximum absolute atomic E-state index is 12.3. The molecule has 2 aromatic heterocycles. The van der Waals surface area contributed by atoms with Gasteiger partial charge in [-0.1, -0.05) is 18.2 Å². The van der Waals surface area contributed by atoms with Crippen LogP contribution in [0.3, 0.4) is 0 Å². The Balaban J connectivity index is 1.32. The Morgan fingerprint density at radius 3 is 2.76 bits per heavy atom. The summed E-state index contributed by atoms with van der Waals surface area (Å²) in [4.78, 5) is 16.6. The number of ether oxygens (including phenoxy) is 2. The second kappa shape index (κ2) is 10.7. The molecule has 2 heterocycles. The van der Waals surface area contributed by atoms with Crippen molar-refractivity contribution in [1.82, 2.24) is 15.0 Å². The monoisotopic (exact) mass is 456 g/mol. The Bertz CT molecular complexity index is 1310. The summed E-state index contributed by atoms with van der Waals surface area (Å²) in [5.74, 6) is 1.04. The molecule has 174 valence electrons. The summed E-state index contributed by atoms with van der Waals surface area (Å²) in [7, 11) is 1.58. The summed E-state index contributed by atoms with van der Waals surface area (Å²) in [5.41, 5.74) is 7.82. The fourth-order valence-electron chi connectivity index (χ4n) is 3.93. The number of hydrogen-bond acceptors (Lipinski definition) is 5. The zero-order valence-corrected chi connectivity index (χ0v) is 19.6. The minimum atomic E-state index is -0.148. The summed E-state index contributed by atoms with van der Waals surface area (Å²) in [6.45, 7) is 5.14. The normalized spacial score (nSPS) is 11.1. The minimum Gasteiger partial charge on any atom is -0.493 e. The van der Waals surface area contributed by atoms with E-state index in [-0.39, 0.29) is 5.91 Å². The van der Waals surface area contributed by atoms with Crippen molar-refractivity contribution < 1.29 is 14.3 Å². The van der Waals surface area contributed by atoms with Gasteiger partial charge in [-0.15, -0.1) is 0 Å². The highest BCUT2D eigenvalue weighted by Gasteiger charge is 2.09. The van der Waals surface area contributed by atoms with Gasteiger partial charge in [-0.3, -0.25) is 9.78 Å². The number of rotatable bonds is 9. The summed E-state index contributed by atoms with van der Waals surface area (Å²) < 4.78 is 13.4. The number of carbonyl (C=O) groups excluding carboxylic acids is 1. The Morgan fingerprint density at radius 1 is 1.09 bits per heavy atom. The average Bonchev–Trinajstić information content (AvgIpc) is 3.19. The first-order chi connectivity index (χ1) is 16.5. The lowest BCUT2D eigenvalue weighted by atomic mass is 10.1. The van der Waals surface area contributed by atoms with Crippen molar-refractivity contribution in [3.63, 3.8) is 0 Å². The molecule has 4 rings (SSSR count). The molecular formula is C27H28N4O3. The highest BCUT2D eigenvalue weighted by atomic mass is 16.5. The van der Waals surface area contributed by atoms with Gasteiger partial charge in [-0.25, -0.2) is 5.43 Å². The molecule has 1 N–H and O–H groups in total. The van der Waals surface area contributed by atoms with Crippen molar-refractivity contribution >= 4 is 23.0 Å². The summed E-state index contributed by atoms with van der Waals surface area (Å²) >= 11 is 0. The summed E-state index contributed by atoms with van der Waals surface area (Å²) in [6.07, 6.45) is 5.74. The maximum Gasteiger partial charge on any atom is 0.241 e. The van der Waals surface area contributed by atoms with Crippen molar-refractivity contribution in [2.45, 2.75) is 33.4 Å². The van der Waals surface area contributed by atoms with Gasteiger partial charge in [0.05, 0.1) is 19.0 Å². The highest BCUT2D eigenvalue weighted by Crippen LogP contribution is 2.28. The second-order valence-electron chi connectivity index (χ2n) is 8.04. The van der Waals surface area contributed by atoms with E-state index < -0.39 is 0 Å². The molecule has 1 amide bonds. The van der Waals surface area contributed by atoms with Gasteiger partial charge in [0.25, 0.3) is 0 Å². The van der Waals surface area contributed by atoms with E-state index in [1.165, 1.54) is 16.5 Å². The van der Waals surface area contributed by atoms with Gasteiger partial charge < -0.3 is 14.0 Å². The van der Waals surface area contributed by atoms with E-state index in [1.807, 2.05) is 36.4 Å². The number of pyridine rings is 1.